The van der Waals surface area contributed by atoms with Crippen molar-refractivity contribution in [1.29, 1.82) is 0 Å². The third kappa shape index (κ3) is 5.02. The fourth-order valence-electron chi connectivity index (χ4n) is 5.32. The van der Waals surface area contributed by atoms with E-state index in [4.69, 9.17) is 0 Å². The average molecular weight is 473 g/mol. The van der Waals surface area contributed by atoms with Crippen molar-refractivity contribution in [2.45, 2.75) is 60.3 Å². The molecule has 0 saturated carbocycles. The van der Waals surface area contributed by atoms with Crippen molar-refractivity contribution in [3.8, 4) is 0 Å². The maximum absolute atomic E-state index is 13.7. The zero-order valence-electron chi connectivity index (χ0n) is 21.7. The van der Waals surface area contributed by atoms with Crippen LogP contribution in [0, 0.1) is 12.3 Å². The number of aromatic nitrogens is 1. The van der Waals surface area contributed by atoms with Gasteiger partial charge in [0, 0.05) is 59.9 Å². The molecule has 2 aromatic rings. The number of ketones is 1. The summed E-state index contributed by atoms with van der Waals surface area (Å²) < 4.78 is 0. The van der Waals surface area contributed by atoms with E-state index in [0.717, 1.165) is 47.7 Å². The highest BCUT2D eigenvalue weighted by Gasteiger charge is 2.42. The number of Topliss-reactive ketones (excluding diaryl/α,β-unsaturated/α-hetero) is 1. The number of amides is 1. The number of dihydropyridines is 1. The number of benzene rings is 1. The summed E-state index contributed by atoms with van der Waals surface area (Å²) in [5.41, 5.74) is 5.97. The third-order valence-electron chi connectivity index (χ3n) is 7.00. The molecule has 0 saturated heterocycles. The fourth-order valence-corrected chi connectivity index (χ4v) is 5.32. The van der Waals surface area contributed by atoms with Gasteiger partial charge in [-0.05, 0) is 74.9 Å². The van der Waals surface area contributed by atoms with Crippen LogP contribution in [0.5, 0.6) is 0 Å². The van der Waals surface area contributed by atoms with Crippen LogP contribution in [0.1, 0.15) is 64.5 Å². The average Bonchev–Trinajstić information content (AvgIpc) is 2.78. The molecule has 0 bridgehead atoms. The zero-order valence-corrected chi connectivity index (χ0v) is 21.7. The van der Waals surface area contributed by atoms with Gasteiger partial charge in [-0.2, -0.15) is 0 Å². The van der Waals surface area contributed by atoms with Gasteiger partial charge in [-0.15, -0.1) is 0 Å². The first-order valence-corrected chi connectivity index (χ1v) is 12.5. The third-order valence-corrected chi connectivity index (χ3v) is 7.00. The molecule has 35 heavy (non-hydrogen) atoms. The van der Waals surface area contributed by atoms with Gasteiger partial charge in [-0.25, -0.2) is 4.98 Å². The van der Waals surface area contributed by atoms with Gasteiger partial charge in [0.05, 0.1) is 0 Å². The summed E-state index contributed by atoms with van der Waals surface area (Å²) in [5.74, 6) is -0.0598. The van der Waals surface area contributed by atoms with E-state index in [1.807, 2.05) is 26.0 Å². The molecule has 0 unspecified atom stereocenters. The number of pyridine rings is 1. The van der Waals surface area contributed by atoms with E-state index in [1.54, 1.807) is 6.20 Å². The van der Waals surface area contributed by atoms with Gasteiger partial charge in [0.15, 0.2) is 5.78 Å². The Hall–Kier alpha value is -3.41. The number of hydrogen-bond acceptors (Lipinski definition) is 5. The summed E-state index contributed by atoms with van der Waals surface area (Å²) in [6.07, 6.45) is 2.92. The number of nitrogens with zero attached hydrogens (tertiary/aromatic N) is 2. The van der Waals surface area contributed by atoms with Crippen LogP contribution in [-0.4, -0.2) is 29.8 Å². The SMILES string of the molecule is CCN(CC)c1ccc([C@@H]2C(C(=O)Nc3cc(C)ccn3)=C(C)NC3=C2C(=O)CC(C)(C)C3)cc1. The highest BCUT2D eigenvalue weighted by atomic mass is 16.2. The summed E-state index contributed by atoms with van der Waals surface area (Å²) in [6, 6.07) is 12.0. The molecule has 2 aliphatic rings. The Morgan fingerprint density at radius 2 is 1.80 bits per heavy atom. The highest BCUT2D eigenvalue weighted by molar-refractivity contribution is 6.09. The van der Waals surface area contributed by atoms with Gasteiger partial charge >= 0.3 is 0 Å². The molecular formula is C29H36N4O2. The quantitative estimate of drug-likeness (QED) is 0.582. The molecule has 1 aromatic carbocycles. The Balaban J connectivity index is 1.79. The van der Waals surface area contributed by atoms with E-state index in [1.165, 1.54) is 0 Å². The lowest BCUT2D eigenvalue weighted by Gasteiger charge is -2.39. The van der Waals surface area contributed by atoms with Crippen LogP contribution in [0.15, 0.2) is 65.1 Å². The van der Waals surface area contributed by atoms with E-state index in [-0.39, 0.29) is 17.1 Å². The number of carbonyl (C=O) groups excluding carboxylic acids is 2. The topological polar surface area (TPSA) is 74.3 Å². The standard InChI is InChI=1S/C29H36N4O2/c1-7-33(8-2)21-11-9-20(10-12-21)26-25(28(35)32-24-15-18(3)13-14-30-24)19(4)31-22-16-29(5,6)17-23(34)27(22)26/h9-15,26,31H,7-8,16-17H2,1-6H3,(H,30,32,35)/t26-/m1/s1. The number of aryl methyl sites for hydroxylation is 1. The lowest BCUT2D eigenvalue weighted by molar-refractivity contribution is -0.118. The second-order valence-corrected chi connectivity index (χ2v) is 10.4. The number of allylic oxidation sites excluding steroid dienone is 3. The first-order chi connectivity index (χ1) is 16.6. The van der Waals surface area contributed by atoms with Gasteiger partial charge in [0.25, 0.3) is 5.91 Å². The minimum Gasteiger partial charge on any atom is -0.372 e. The number of nitrogens with one attached hydrogen (secondary N) is 2. The van der Waals surface area contributed by atoms with Crippen molar-refractivity contribution < 1.29 is 9.59 Å². The van der Waals surface area contributed by atoms with E-state index in [2.05, 4.69) is 72.5 Å². The van der Waals surface area contributed by atoms with Crippen LogP contribution in [0.3, 0.4) is 0 Å². The summed E-state index contributed by atoms with van der Waals surface area (Å²) in [7, 11) is 0. The van der Waals surface area contributed by atoms with Crippen molar-refractivity contribution in [3.05, 3.63) is 76.3 Å². The molecule has 184 valence electrons. The second kappa shape index (κ2) is 9.68. The van der Waals surface area contributed by atoms with Crippen LogP contribution >= 0.6 is 0 Å². The predicted octanol–water partition coefficient (Wildman–Crippen LogP) is 5.48. The van der Waals surface area contributed by atoms with Crippen molar-refractivity contribution in [1.82, 2.24) is 10.3 Å². The van der Waals surface area contributed by atoms with E-state index >= 15 is 0 Å². The van der Waals surface area contributed by atoms with E-state index < -0.39 is 5.92 Å². The van der Waals surface area contributed by atoms with Crippen molar-refractivity contribution in [3.63, 3.8) is 0 Å². The molecule has 4 rings (SSSR count). The van der Waals surface area contributed by atoms with Crippen LogP contribution in [-0.2, 0) is 9.59 Å². The Bertz CT molecular complexity index is 1200. The normalized spacial score (nSPS) is 19.3. The number of carbonyl (C=O) groups is 2. The summed E-state index contributed by atoms with van der Waals surface area (Å²) in [4.78, 5) is 33.7. The van der Waals surface area contributed by atoms with Gasteiger partial charge in [-0.1, -0.05) is 26.0 Å². The number of rotatable bonds is 6. The van der Waals surface area contributed by atoms with E-state index in [9.17, 15) is 9.59 Å². The lowest BCUT2D eigenvalue weighted by Crippen LogP contribution is -2.39. The van der Waals surface area contributed by atoms with Gasteiger partial charge in [0.1, 0.15) is 5.82 Å². The maximum Gasteiger partial charge on any atom is 0.255 e. The maximum atomic E-state index is 13.7. The minimum absolute atomic E-state index is 0.105. The molecule has 6 heteroatoms. The molecule has 1 amide bonds. The van der Waals surface area contributed by atoms with E-state index in [0.29, 0.717) is 23.4 Å². The molecule has 2 N–H and O–H groups in total. The molecule has 1 aliphatic carbocycles. The monoisotopic (exact) mass is 472 g/mol. The molecule has 1 aromatic heterocycles. The summed E-state index contributed by atoms with van der Waals surface area (Å²) in [5, 5.41) is 6.40. The Labute approximate surface area is 208 Å². The van der Waals surface area contributed by atoms with Crippen molar-refractivity contribution in [2.24, 2.45) is 5.41 Å². The molecular weight excluding hydrogens is 436 g/mol. The second-order valence-electron chi connectivity index (χ2n) is 10.4. The molecule has 6 nitrogen and oxygen atoms in total. The zero-order chi connectivity index (χ0) is 25.3. The molecule has 2 heterocycles. The molecule has 0 radical (unpaired) electrons. The predicted molar refractivity (Wildman–Crippen MR) is 141 cm³/mol. The first-order valence-electron chi connectivity index (χ1n) is 12.5. The van der Waals surface area contributed by atoms with Crippen LogP contribution < -0.4 is 15.5 Å². The highest BCUT2D eigenvalue weighted by Crippen LogP contribution is 2.46. The molecule has 0 spiro atoms. The first kappa shape index (κ1) is 24.7. The molecule has 1 atom stereocenters. The van der Waals surface area contributed by atoms with Crippen LogP contribution in [0.4, 0.5) is 11.5 Å². The summed E-state index contributed by atoms with van der Waals surface area (Å²) >= 11 is 0. The Morgan fingerprint density at radius 3 is 2.43 bits per heavy atom. The molecule has 1 aliphatic heterocycles. The van der Waals surface area contributed by atoms with Gasteiger partial charge in [0.2, 0.25) is 0 Å². The van der Waals surface area contributed by atoms with Gasteiger partial charge in [-0.3, -0.25) is 9.59 Å². The van der Waals surface area contributed by atoms with Crippen LogP contribution in [0.25, 0.3) is 0 Å². The largest absolute Gasteiger partial charge is 0.372 e. The van der Waals surface area contributed by atoms with Crippen molar-refractivity contribution in [2.75, 3.05) is 23.3 Å². The Morgan fingerprint density at radius 1 is 1.11 bits per heavy atom. The minimum atomic E-state index is -0.426. The molecule has 0 fully saturated rings. The lowest BCUT2D eigenvalue weighted by atomic mass is 9.68. The Kier molecular flexibility index (Phi) is 6.84. The summed E-state index contributed by atoms with van der Waals surface area (Å²) in [6.45, 7) is 14.2. The number of anilines is 2. The van der Waals surface area contributed by atoms with Crippen molar-refractivity contribution >= 4 is 23.2 Å². The number of hydrogen-bond donors (Lipinski definition) is 2. The fraction of sp³-hybridized carbons (Fsp3) is 0.414. The van der Waals surface area contributed by atoms with Gasteiger partial charge < -0.3 is 15.5 Å². The smallest absolute Gasteiger partial charge is 0.255 e. The van der Waals surface area contributed by atoms with Crippen LogP contribution in [0.2, 0.25) is 0 Å².